The Balaban J connectivity index is 2.59. The topological polar surface area (TPSA) is 101 Å². The van der Waals surface area contributed by atoms with Crippen molar-refractivity contribution in [3.05, 3.63) is 0 Å². The van der Waals surface area contributed by atoms with Gasteiger partial charge in [-0.2, -0.15) is 0 Å². The summed E-state index contributed by atoms with van der Waals surface area (Å²) in [5.41, 5.74) is 0. The third kappa shape index (κ3) is 3.67. The lowest BCUT2D eigenvalue weighted by Crippen LogP contribution is -2.42. The molecule has 7 nitrogen and oxygen atoms in total. The van der Waals surface area contributed by atoms with Gasteiger partial charge in [0.2, 0.25) is 10.0 Å². The van der Waals surface area contributed by atoms with E-state index < -0.39 is 33.6 Å². The maximum absolute atomic E-state index is 11.7. The van der Waals surface area contributed by atoms with E-state index in [1.54, 1.807) is 0 Å². The van der Waals surface area contributed by atoms with Crippen LogP contribution in [-0.2, 0) is 24.3 Å². The average molecular weight is 265 g/mol. The van der Waals surface area contributed by atoms with Gasteiger partial charge in [0.1, 0.15) is 0 Å². The van der Waals surface area contributed by atoms with Crippen LogP contribution in [0.2, 0.25) is 0 Å². The van der Waals surface area contributed by atoms with Crippen LogP contribution in [0.5, 0.6) is 0 Å². The van der Waals surface area contributed by atoms with Crippen LogP contribution < -0.4 is 0 Å². The quantitative estimate of drug-likeness (QED) is 0.673. The molecule has 0 radical (unpaired) electrons. The molecule has 0 aromatic heterocycles. The molecular weight excluding hydrogens is 250 g/mol. The number of methoxy groups -OCH3 is 1. The number of ether oxygens (including phenoxy) is 1. The minimum atomic E-state index is -3.68. The van der Waals surface area contributed by atoms with Gasteiger partial charge in [-0.1, -0.05) is 0 Å². The van der Waals surface area contributed by atoms with Crippen molar-refractivity contribution in [1.82, 2.24) is 4.31 Å². The molecule has 98 valence electrons. The van der Waals surface area contributed by atoms with Gasteiger partial charge in [0, 0.05) is 13.1 Å². The molecule has 0 amide bonds. The van der Waals surface area contributed by atoms with E-state index in [1.165, 1.54) is 0 Å². The number of carboxylic acid groups (broad SMARTS) is 1. The molecule has 17 heavy (non-hydrogen) atoms. The normalized spacial score (nSPS) is 18.9. The third-order valence-electron chi connectivity index (χ3n) is 2.72. The van der Waals surface area contributed by atoms with Crippen molar-refractivity contribution < 1.29 is 27.9 Å². The fourth-order valence-electron chi connectivity index (χ4n) is 1.68. The molecule has 1 saturated heterocycles. The van der Waals surface area contributed by atoms with Crippen LogP contribution in [0.1, 0.15) is 12.8 Å². The summed E-state index contributed by atoms with van der Waals surface area (Å²) in [5.74, 6) is -2.92. The second-order valence-corrected chi connectivity index (χ2v) is 5.81. The number of sulfonamides is 1. The van der Waals surface area contributed by atoms with Crippen molar-refractivity contribution in [3.8, 4) is 0 Å². The Labute approximate surface area is 99.4 Å². The average Bonchev–Trinajstić information content (AvgIpc) is 2.28. The molecule has 0 atom stereocenters. The standard InChI is InChI=1S/C9H15NO6S/c1-16-8(11)6-17(14,15)10-4-2-7(3-5-10)9(12)13/h7H,2-6H2,1H3,(H,12,13). The fourth-order valence-corrected chi connectivity index (χ4v) is 3.05. The van der Waals surface area contributed by atoms with Crippen molar-refractivity contribution in [1.29, 1.82) is 0 Å². The predicted octanol–water partition coefficient (Wildman–Crippen LogP) is -0.714. The number of carbonyl (C=O) groups excluding carboxylic acids is 1. The van der Waals surface area contributed by atoms with E-state index in [0.717, 1.165) is 11.4 Å². The number of carbonyl (C=O) groups is 2. The summed E-state index contributed by atoms with van der Waals surface area (Å²) in [6.45, 7) is 0.270. The van der Waals surface area contributed by atoms with E-state index in [9.17, 15) is 18.0 Å². The minimum Gasteiger partial charge on any atom is -0.481 e. The Kier molecular flexibility index (Phi) is 4.47. The Morgan fingerprint density at radius 3 is 2.29 bits per heavy atom. The van der Waals surface area contributed by atoms with E-state index in [-0.39, 0.29) is 25.9 Å². The lowest BCUT2D eigenvalue weighted by atomic mass is 9.99. The highest BCUT2D eigenvalue weighted by molar-refractivity contribution is 7.89. The first-order valence-corrected chi connectivity index (χ1v) is 6.75. The van der Waals surface area contributed by atoms with Crippen molar-refractivity contribution in [3.63, 3.8) is 0 Å². The Morgan fingerprint density at radius 1 is 1.35 bits per heavy atom. The zero-order valence-corrected chi connectivity index (χ0v) is 10.3. The van der Waals surface area contributed by atoms with E-state index in [2.05, 4.69) is 4.74 Å². The number of esters is 1. The summed E-state index contributed by atoms with van der Waals surface area (Å²) in [6, 6.07) is 0. The summed E-state index contributed by atoms with van der Waals surface area (Å²) < 4.78 is 28.9. The summed E-state index contributed by atoms with van der Waals surface area (Å²) in [5, 5.41) is 8.77. The molecule has 1 N–H and O–H groups in total. The number of aliphatic carboxylic acids is 1. The first kappa shape index (κ1) is 13.9. The molecule has 1 fully saturated rings. The van der Waals surface area contributed by atoms with Crippen molar-refractivity contribution in [2.75, 3.05) is 26.0 Å². The van der Waals surface area contributed by atoms with Crippen molar-refractivity contribution in [2.45, 2.75) is 12.8 Å². The molecule has 0 spiro atoms. The highest BCUT2D eigenvalue weighted by Crippen LogP contribution is 2.19. The summed E-state index contributed by atoms with van der Waals surface area (Å²) >= 11 is 0. The molecule has 0 aromatic rings. The van der Waals surface area contributed by atoms with E-state index in [1.807, 2.05) is 0 Å². The van der Waals surface area contributed by atoms with E-state index in [4.69, 9.17) is 5.11 Å². The number of nitrogens with zero attached hydrogens (tertiary/aromatic N) is 1. The van der Waals surface area contributed by atoms with Crippen LogP contribution >= 0.6 is 0 Å². The monoisotopic (exact) mass is 265 g/mol. The number of carboxylic acids is 1. The van der Waals surface area contributed by atoms with E-state index in [0.29, 0.717) is 0 Å². The van der Waals surface area contributed by atoms with E-state index >= 15 is 0 Å². The molecular formula is C9H15NO6S. The first-order chi connectivity index (χ1) is 7.86. The van der Waals surface area contributed by atoms with Crippen LogP contribution in [0, 0.1) is 5.92 Å². The van der Waals surface area contributed by atoms with Gasteiger partial charge in [-0.25, -0.2) is 12.7 Å². The van der Waals surface area contributed by atoms with Crippen LogP contribution in [0.25, 0.3) is 0 Å². The van der Waals surface area contributed by atoms with Gasteiger partial charge in [0.15, 0.2) is 5.75 Å². The second kappa shape index (κ2) is 5.46. The maximum Gasteiger partial charge on any atom is 0.322 e. The zero-order valence-electron chi connectivity index (χ0n) is 9.46. The molecule has 1 rings (SSSR count). The Morgan fingerprint density at radius 2 is 1.88 bits per heavy atom. The fraction of sp³-hybridized carbons (Fsp3) is 0.778. The summed E-state index contributed by atoms with van der Waals surface area (Å²) in [7, 11) is -2.56. The highest BCUT2D eigenvalue weighted by Gasteiger charge is 2.32. The van der Waals surface area contributed by atoms with Gasteiger partial charge in [0.25, 0.3) is 0 Å². The van der Waals surface area contributed by atoms with Gasteiger partial charge in [0.05, 0.1) is 13.0 Å². The molecule has 0 bridgehead atoms. The Bertz CT molecular complexity index is 396. The third-order valence-corrected chi connectivity index (χ3v) is 4.48. The zero-order chi connectivity index (χ0) is 13.1. The predicted molar refractivity (Wildman–Crippen MR) is 57.7 cm³/mol. The first-order valence-electron chi connectivity index (χ1n) is 5.14. The molecule has 0 saturated carbocycles. The van der Waals surface area contributed by atoms with Gasteiger partial charge in [-0.15, -0.1) is 0 Å². The smallest absolute Gasteiger partial charge is 0.322 e. The largest absolute Gasteiger partial charge is 0.481 e. The summed E-state index contributed by atoms with van der Waals surface area (Å²) in [4.78, 5) is 21.6. The summed E-state index contributed by atoms with van der Waals surface area (Å²) in [6.07, 6.45) is 0.547. The van der Waals surface area contributed by atoms with Crippen LogP contribution in [-0.4, -0.2) is 55.7 Å². The minimum absolute atomic E-state index is 0.135. The van der Waals surface area contributed by atoms with Gasteiger partial charge in [-0.05, 0) is 12.8 Å². The van der Waals surface area contributed by atoms with Gasteiger partial charge in [-0.3, -0.25) is 9.59 Å². The molecule has 0 aliphatic carbocycles. The Hall–Kier alpha value is -1.15. The van der Waals surface area contributed by atoms with Crippen LogP contribution in [0.15, 0.2) is 0 Å². The van der Waals surface area contributed by atoms with Gasteiger partial charge < -0.3 is 9.84 Å². The van der Waals surface area contributed by atoms with Crippen LogP contribution in [0.3, 0.4) is 0 Å². The number of hydrogen-bond donors (Lipinski definition) is 1. The molecule has 8 heteroatoms. The lowest BCUT2D eigenvalue weighted by Gasteiger charge is -2.28. The maximum atomic E-state index is 11.7. The van der Waals surface area contributed by atoms with Crippen LogP contribution in [0.4, 0.5) is 0 Å². The molecule has 0 unspecified atom stereocenters. The lowest BCUT2D eigenvalue weighted by molar-refractivity contribution is -0.143. The number of piperidine rings is 1. The van der Waals surface area contributed by atoms with Crippen molar-refractivity contribution >= 4 is 22.0 Å². The molecule has 1 aliphatic heterocycles. The second-order valence-electron chi connectivity index (χ2n) is 3.84. The molecule has 1 aliphatic rings. The van der Waals surface area contributed by atoms with Crippen molar-refractivity contribution in [2.24, 2.45) is 5.92 Å². The number of rotatable bonds is 4. The van der Waals surface area contributed by atoms with Gasteiger partial charge >= 0.3 is 11.9 Å². The molecule has 1 heterocycles. The number of hydrogen-bond acceptors (Lipinski definition) is 5. The highest BCUT2D eigenvalue weighted by atomic mass is 32.2. The SMILES string of the molecule is COC(=O)CS(=O)(=O)N1CCC(C(=O)O)CC1. The molecule has 0 aromatic carbocycles.